The van der Waals surface area contributed by atoms with Gasteiger partial charge in [-0.05, 0) is 24.6 Å². The van der Waals surface area contributed by atoms with Crippen molar-refractivity contribution in [1.82, 2.24) is 9.80 Å². The number of piperazine rings is 1. The summed E-state index contributed by atoms with van der Waals surface area (Å²) in [5, 5.41) is 1.57. The SMILES string of the molecule is COc1cc2c(cc1OCCCN1CCN(CCF)CC1)=NCN(c1cccc3c1COO3)C=2N. The van der Waals surface area contributed by atoms with Crippen molar-refractivity contribution in [2.24, 2.45) is 10.7 Å². The fraction of sp³-hybridized carbons (Fsp3) is 0.480. The smallest absolute Gasteiger partial charge is 0.173 e. The molecule has 5 rings (SSSR count). The number of benzene rings is 2. The monoisotopic (exact) mass is 485 g/mol. The van der Waals surface area contributed by atoms with Gasteiger partial charge in [0.2, 0.25) is 0 Å². The number of fused-ring (bicyclic) bond motifs is 2. The normalized spacial score (nSPS) is 18.0. The largest absolute Gasteiger partial charge is 0.493 e. The molecule has 0 unspecified atom stereocenters. The molecular formula is C25H32FN5O4. The minimum Gasteiger partial charge on any atom is -0.493 e. The number of nitrogens with two attached hydrogens (primary N) is 1. The minimum absolute atomic E-state index is 0.275. The second kappa shape index (κ2) is 10.7. The molecule has 9 nitrogen and oxygen atoms in total. The highest BCUT2D eigenvalue weighted by molar-refractivity contribution is 5.72. The van der Waals surface area contributed by atoms with Crippen molar-refractivity contribution in [1.29, 1.82) is 0 Å². The van der Waals surface area contributed by atoms with E-state index in [4.69, 9.17) is 30.0 Å². The molecule has 0 aromatic heterocycles. The van der Waals surface area contributed by atoms with E-state index < -0.39 is 0 Å². The van der Waals surface area contributed by atoms with Crippen molar-refractivity contribution in [3.8, 4) is 17.2 Å². The highest BCUT2D eigenvalue weighted by Gasteiger charge is 2.24. The van der Waals surface area contributed by atoms with Crippen molar-refractivity contribution in [3.63, 3.8) is 0 Å². The molecule has 1 saturated heterocycles. The first-order chi connectivity index (χ1) is 17.2. The van der Waals surface area contributed by atoms with E-state index in [1.807, 2.05) is 35.2 Å². The van der Waals surface area contributed by atoms with Crippen LogP contribution in [0.3, 0.4) is 0 Å². The van der Waals surface area contributed by atoms with Gasteiger partial charge in [-0.1, -0.05) is 6.07 Å². The molecule has 0 radical (unpaired) electrons. The van der Waals surface area contributed by atoms with Gasteiger partial charge in [0.25, 0.3) is 0 Å². The lowest BCUT2D eigenvalue weighted by atomic mass is 10.1. The van der Waals surface area contributed by atoms with E-state index in [2.05, 4.69) is 9.80 Å². The first kappa shape index (κ1) is 23.7. The molecule has 1 fully saturated rings. The van der Waals surface area contributed by atoms with Crippen LogP contribution in [-0.4, -0.2) is 76.1 Å². The number of halogens is 1. The van der Waals surface area contributed by atoms with E-state index in [9.17, 15) is 4.39 Å². The zero-order chi connectivity index (χ0) is 24.2. The Morgan fingerprint density at radius 2 is 1.89 bits per heavy atom. The Bertz CT molecular complexity index is 1170. The molecule has 0 atom stereocenters. The van der Waals surface area contributed by atoms with Crippen molar-refractivity contribution >= 4 is 11.5 Å². The number of nitrogens with zero attached hydrogens (tertiary/aromatic N) is 4. The van der Waals surface area contributed by atoms with Gasteiger partial charge in [0.05, 0.1) is 30.3 Å². The summed E-state index contributed by atoms with van der Waals surface area (Å²) >= 11 is 0. The Kier molecular flexibility index (Phi) is 7.21. The number of hydrogen-bond donors (Lipinski definition) is 1. The molecule has 2 aromatic carbocycles. The average molecular weight is 486 g/mol. The van der Waals surface area contributed by atoms with Crippen LogP contribution in [0, 0.1) is 0 Å². The zero-order valence-electron chi connectivity index (χ0n) is 20.0. The fourth-order valence-electron chi connectivity index (χ4n) is 4.74. The van der Waals surface area contributed by atoms with E-state index in [0.29, 0.717) is 49.5 Å². The molecule has 0 bridgehead atoms. The maximum atomic E-state index is 12.5. The van der Waals surface area contributed by atoms with Crippen LogP contribution in [0.25, 0.3) is 5.82 Å². The molecule has 0 saturated carbocycles. The second-order valence-electron chi connectivity index (χ2n) is 8.81. The predicted molar refractivity (Wildman–Crippen MR) is 130 cm³/mol. The van der Waals surface area contributed by atoms with Crippen LogP contribution in [0.2, 0.25) is 0 Å². The fourth-order valence-corrected chi connectivity index (χ4v) is 4.74. The van der Waals surface area contributed by atoms with Crippen LogP contribution < -0.4 is 35.6 Å². The third kappa shape index (κ3) is 5.00. The minimum atomic E-state index is -0.275. The van der Waals surface area contributed by atoms with Gasteiger partial charge in [0.1, 0.15) is 25.8 Å². The Hall–Kier alpha value is -3.08. The maximum Gasteiger partial charge on any atom is 0.173 e. The van der Waals surface area contributed by atoms with Crippen molar-refractivity contribution in [3.05, 3.63) is 46.5 Å². The van der Waals surface area contributed by atoms with Crippen LogP contribution in [0.15, 0.2) is 35.3 Å². The first-order valence-electron chi connectivity index (χ1n) is 12.0. The molecule has 2 aromatic rings. The van der Waals surface area contributed by atoms with Gasteiger partial charge in [-0.25, -0.2) is 4.39 Å². The van der Waals surface area contributed by atoms with Crippen molar-refractivity contribution in [2.45, 2.75) is 13.0 Å². The second-order valence-corrected chi connectivity index (χ2v) is 8.81. The third-order valence-corrected chi connectivity index (χ3v) is 6.72. The molecule has 0 spiro atoms. The van der Waals surface area contributed by atoms with Gasteiger partial charge in [-0.3, -0.25) is 9.89 Å². The van der Waals surface area contributed by atoms with Gasteiger partial charge in [0, 0.05) is 50.6 Å². The summed E-state index contributed by atoms with van der Waals surface area (Å²) in [7, 11) is 1.62. The lowest BCUT2D eigenvalue weighted by Gasteiger charge is -2.34. The lowest BCUT2D eigenvalue weighted by Crippen LogP contribution is -2.47. The first-order valence-corrected chi connectivity index (χ1v) is 12.0. The molecular weight excluding hydrogens is 453 g/mol. The van der Waals surface area contributed by atoms with E-state index in [1.54, 1.807) is 7.11 Å². The van der Waals surface area contributed by atoms with Crippen molar-refractivity contribution in [2.75, 3.05) is 71.2 Å². The van der Waals surface area contributed by atoms with Crippen LogP contribution >= 0.6 is 0 Å². The van der Waals surface area contributed by atoms with Crippen LogP contribution in [-0.2, 0) is 11.5 Å². The predicted octanol–water partition coefficient (Wildman–Crippen LogP) is 0.997. The molecule has 0 amide bonds. The molecule has 3 heterocycles. The number of alkyl halides is 1. The Morgan fingerprint density at radius 3 is 2.66 bits per heavy atom. The van der Waals surface area contributed by atoms with E-state index >= 15 is 0 Å². The van der Waals surface area contributed by atoms with Crippen LogP contribution in [0.4, 0.5) is 10.1 Å². The standard InChI is InChI=1S/C25H32FN5O4/c1-32-23-14-18-20(15-24(23)33-13-3-7-29-9-11-30(8-6-26)12-10-29)28-17-31(25(18)27)21-4-2-5-22-19(21)16-34-35-22/h2,4-5,14-15H,3,6-13,16-17,27H2,1H3. The maximum absolute atomic E-state index is 12.5. The molecule has 0 aliphatic carbocycles. The summed E-state index contributed by atoms with van der Waals surface area (Å²) in [6, 6.07) is 9.55. The van der Waals surface area contributed by atoms with Gasteiger partial charge in [-0.15, -0.1) is 0 Å². The Morgan fingerprint density at radius 1 is 1.09 bits per heavy atom. The van der Waals surface area contributed by atoms with Gasteiger partial charge in [-0.2, -0.15) is 4.89 Å². The highest BCUT2D eigenvalue weighted by atomic mass is 19.1. The van der Waals surface area contributed by atoms with Gasteiger partial charge < -0.3 is 29.9 Å². The zero-order valence-corrected chi connectivity index (χ0v) is 20.0. The van der Waals surface area contributed by atoms with Gasteiger partial charge >= 0.3 is 0 Å². The number of methoxy groups -OCH3 is 1. The van der Waals surface area contributed by atoms with Crippen LogP contribution in [0.5, 0.6) is 17.2 Å². The van der Waals surface area contributed by atoms with Crippen molar-refractivity contribution < 1.29 is 23.6 Å². The molecule has 3 aliphatic heterocycles. The van der Waals surface area contributed by atoms with E-state index in [1.165, 1.54) is 0 Å². The Balaban J connectivity index is 1.26. The number of anilines is 1. The van der Waals surface area contributed by atoms with Crippen LogP contribution in [0.1, 0.15) is 12.0 Å². The summed E-state index contributed by atoms with van der Waals surface area (Å²) < 4.78 is 24.2. The lowest BCUT2D eigenvalue weighted by molar-refractivity contribution is -0.194. The number of hydrogen-bond acceptors (Lipinski definition) is 9. The summed E-state index contributed by atoms with van der Waals surface area (Å²) in [6.45, 7) is 6.31. The number of ether oxygens (including phenoxy) is 2. The topological polar surface area (TPSA) is 85.0 Å². The summed E-state index contributed by atoms with van der Waals surface area (Å²) in [5.41, 5.74) is 8.46. The molecule has 35 heavy (non-hydrogen) atoms. The summed E-state index contributed by atoms with van der Waals surface area (Å²) in [4.78, 5) is 21.6. The molecule has 10 heteroatoms. The number of rotatable bonds is 9. The van der Waals surface area contributed by atoms with E-state index in [0.717, 1.165) is 61.0 Å². The average Bonchev–Trinajstić information content (AvgIpc) is 3.37. The van der Waals surface area contributed by atoms with E-state index in [-0.39, 0.29) is 6.67 Å². The summed E-state index contributed by atoms with van der Waals surface area (Å²) in [5.74, 6) is 2.57. The van der Waals surface area contributed by atoms with Gasteiger partial charge in [0.15, 0.2) is 17.2 Å². The molecule has 2 N–H and O–H groups in total. The third-order valence-electron chi connectivity index (χ3n) is 6.72. The quantitative estimate of drug-likeness (QED) is 0.416. The Labute approximate surface area is 204 Å². The summed E-state index contributed by atoms with van der Waals surface area (Å²) in [6.07, 6.45) is 0.895. The molecule has 3 aliphatic rings. The molecule has 188 valence electrons. The highest BCUT2D eigenvalue weighted by Crippen LogP contribution is 2.35.